The van der Waals surface area contributed by atoms with Gasteiger partial charge in [-0.15, -0.1) is 0 Å². The van der Waals surface area contributed by atoms with E-state index in [4.69, 9.17) is 23.2 Å². The number of amidine groups is 1. The Balaban J connectivity index is 1.84. The van der Waals surface area contributed by atoms with E-state index >= 15 is 0 Å². The minimum absolute atomic E-state index is 0.351. The fourth-order valence-corrected chi connectivity index (χ4v) is 4.22. The molecule has 1 fully saturated rings. The number of benzene rings is 1. The van der Waals surface area contributed by atoms with Gasteiger partial charge >= 0.3 is 6.03 Å². The number of likely N-dealkylation sites (N-methyl/N-ethyl adjacent to an activating group) is 1. The molecule has 2 atom stereocenters. The summed E-state index contributed by atoms with van der Waals surface area (Å²) in [5, 5.41) is 4.37. The summed E-state index contributed by atoms with van der Waals surface area (Å²) in [6.07, 6.45) is 1.27. The van der Waals surface area contributed by atoms with Crippen molar-refractivity contribution in [3.05, 3.63) is 46.0 Å². The van der Waals surface area contributed by atoms with Crippen molar-refractivity contribution in [3.8, 4) is 0 Å². The molecule has 6 nitrogen and oxygen atoms in total. The zero-order chi connectivity index (χ0) is 18.8. The fourth-order valence-electron chi connectivity index (χ4n) is 2.79. The molecule has 0 bridgehead atoms. The molecule has 0 aromatic heterocycles. The van der Waals surface area contributed by atoms with Crippen LogP contribution in [0.1, 0.15) is 12.5 Å². The third-order valence-corrected chi connectivity index (χ3v) is 5.78. The first-order valence-electron chi connectivity index (χ1n) is 7.99. The van der Waals surface area contributed by atoms with E-state index in [9.17, 15) is 9.59 Å². The van der Waals surface area contributed by atoms with Crippen LogP contribution in [0.3, 0.4) is 0 Å². The summed E-state index contributed by atoms with van der Waals surface area (Å²) < 4.78 is 0. The van der Waals surface area contributed by atoms with Crippen LogP contribution >= 0.6 is 35.0 Å². The molecule has 26 heavy (non-hydrogen) atoms. The number of halogens is 2. The highest BCUT2D eigenvalue weighted by atomic mass is 35.5. The molecule has 2 unspecified atom stereocenters. The highest BCUT2D eigenvalue weighted by molar-refractivity contribution is 8.13. The van der Waals surface area contributed by atoms with Gasteiger partial charge in [-0.05, 0) is 18.6 Å². The Morgan fingerprint density at radius 1 is 1.38 bits per heavy atom. The van der Waals surface area contributed by atoms with Crippen molar-refractivity contribution >= 4 is 52.1 Å². The third kappa shape index (κ3) is 3.84. The van der Waals surface area contributed by atoms with E-state index in [1.54, 1.807) is 14.0 Å². The van der Waals surface area contributed by atoms with Gasteiger partial charge in [0, 0.05) is 29.4 Å². The number of carbonyl (C=O) groups is 2. The normalized spacial score (nSPS) is 23.1. The molecule has 1 N–H and O–H groups in total. The van der Waals surface area contributed by atoms with Gasteiger partial charge in [0.1, 0.15) is 0 Å². The first kappa shape index (κ1) is 19.1. The number of fused-ring (bicyclic) bond motifs is 1. The Morgan fingerprint density at radius 2 is 2.12 bits per heavy atom. The maximum absolute atomic E-state index is 12.4. The second-order valence-corrected chi connectivity index (χ2v) is 7.94. The lowest BCUT2D eigenvalue weighted by molar-refractivity contribution is -0.126. The molecule has 0 radical (unpaired) electrons. The van der Waals surface area contributed by atoms with Crippen molar-refractivity contribution in [2.75, 3.05) is 13.6 Å². The van der Waals surface area contributed by atoms with Crippen molar-refractivity contribution < 1.29 is 9.59 Å². The van der Waals surface area contributed by atoms with E-state index in [0.29, 0.717) is 27.5 Å². The highest BCUT2D eigenvalue weighted by Gasteiger charge is 2.48. The molecule has 3 rings (SSSR count). The molecule has 1 aromatic carbocycles. The quantitative estimate of drug-likeness (QED) is 0.823. The summed E-state index contributed by atoms with van der Waals surface area (Å²) in [6.45, 7) is 2.21. The smallest absolute Gasteiger partial charge is 0.325 e. The lowest BCUT2D eigenvalue weighted by atomic mass is 10.1. The van der Waals surface area contributed by atoms with Gasteiger partial charge in [-0.1, -0.05) is 59.2 Å². The molecule has 0 aliphatic carbocycles. The molecule has 3 amide bonds. The molecule has 2 aliphatic rings. The summed E-state index contributed by atoms with van der Waals surface area (Å²) in [5.41, 5.74) is 0.981. The van der Waals surface area contributed by atoms with Crippen molar-refractivity contribution in [1.82, 2.24) is 15.1 Å². The van der Waals surface area contributed by atoms with Crippen LogP contribution < -0.4 is 5.32 Å². The SMILES string of the molecule is C/C(Cl)=C/CN1C(SCc2ccccc2Cl)=NC2C1C(=O)NC(=O)N2C. The fraction of sp³-hybridized carbons (Fsp3) is 0.353. The number of amides is 3. The van der Waals surface area contributed by atoms with E-state index in [1.165, 1.54) is 16.7 Å². The second kappa shape index (κ2) is 7.90. The highest BCUT2D eigenvalue weighted by Crippen LogP contribution is 2.31. The minimum Gasteiger partial charge on any atom is -0.332 e. The number of nitrogens with zero attached hydrogens (tertiary/aromatic N) is 3. The van der Waals surface area contributed by atoms with Gasteiger partial charge in [-0.25, -0.2) is 9.79 Å². The van der Waals surface area contributed by atoms with Crippen LogP contribution in [0.5, 0.6) is 0 Å². The number of thioether (sulfide) groups is 1. The average Bonchev–Trinajstić information content (AvgIpc) is 2.96. The van der Waals surface area contributed by atoms with Crippen molar-refractivity contribution in [1.29, 1.82) is 0 Å². The Bertz CT molecular complexity index is 795. The zero-order valence-corrected chi connectivity index (χ0v) is 16.6. The molecule has 0 spiro atoms. The minimum atomic E-state index is -0.571. The van der Waals surface area contributed by atoms with E-state index in [1.807, 2.05) is 35.2 Å². The van der Waals surface area contributed by atoms with E-state index < -0.39 is 18.2 Å². The lowest BCUT2D eigenvalue weighted by Gasteiger charge is -2.35. The predicted molar refractivity (Wildman–Crippen MR) is 105 cm³/mol. The van der Waals surface area contributed by atoms with Crippen molar-refractivity contribution in [3.63, 3.8) is 0 Å². The van der Waals surface area contributed by atoms with Crippen LogP contribution in [0.2, 0.25) is 5.02 Å². The molecule has 1 aromatic rings. The summed E-state index contributed by atoms with van der Waals surface area (Å²) in [4.78, 5) is 32.2. The Hall–Kier alpha value is -1.70. The van der Waals surface area contributed by atoms with Gasteiger partial charge in [0.2, 0.25) is 0 Å². The summed E-state index contributed by atoms with van der Waals surface area (Å²) >= 11 is 13.7. The Labute approximate surface area is 166 Å². The molecule has 9 heteroatoms. The summed E-state index contributed by atoms with van der Waals surface area (Å²) in [7, 11) is 1.63. The topological polar surface area (TPSA) is 65.0 Å². The van der Waals surface area contributed by atoms with Gasteiger partial charge in [0.05, 0.1) is 0 Å². The molecular formula is C17H18Cl2N4O2S. The second-order valence-electron chi connectivity index (χ2n) is 6.00. The zero-order valence-electron chi connectivity index (χ0n) is 14.3. The molecule has 2 aliphatic heterocycles. The largest absolute Gasteiger partial charge is 0.332 e. The monoisotopic (exact) mass is 412 g/mol. The molecule has 2 heterocycles. The Morgan fingerprint density at radius 3 is 2.81 bits per heavy atom. The lowest BCUT2D eigenvalue weighted by Crippen LogP contribution is -2.63. The van der Waals surface area contributed by atoms with Gasteiger partial charge in [-0.3, -0.25) is 10.1 Å². The van der Waals surface area contributed by atoms with Crippen LogP contribution in [-0.2, 0) is 10.5 Å². The number of allylic oxidation sites excluding steroid dienone is 1. The summed E-state index contributed by atoms with van der Waals surface area (Å²) in [5.74, 6) is 0.257. The number of nitrogens with one attached hydrogen (secondary N) is 1. The first-order valence-corrected chi connectivity index (χ1v) is 9.73. The van der Waals surface area contributed by atoms with E-state index in [-0.39, 0.29) is 5.91 Å². The van der Waals surface area contributed by atoms with Gasteiger partial charge in [0.25, 0.3) is 5.91 Å². The molecular weight excluding hydrogens is 395 g/mol. The predicted octanol–water partition coefficient (Wildman–Crippen LogP) is 3.26. The van der Waals surface area contributed by atoms with Crippen LogP contribution in [0.15, 0.2) is 40.4 Å². The van der Waals surface area contributed by atoms with E-state index in [2.05, 4.69) is 10.3 Å². The van der Waals surface area contributed by atoms with Gasteiger partial charge in [0.15, 0.2) is 17.4 Å². The molecule has 0 saturated carbocycles. The standard InChI is InChI=1S/C17H18Cl2N4O2S/c1-10(18)7-8-23-13-14(22(2)16(25)21-15(13)24)20-17(23)26-9-11-5-3-4-6-12(11)19/h3-7,13-14H,8-9H2,1-2H3,(H,21,24,25)/b10-7-. The molecule has 138 valence electrons. The van der Waals surface area contributed by atoms with Crippen molar-refractivity contribution in [2.24, 2.45) is 4.99 Å². The van der Waals surface area contributed by atoms with Gasteiger partial charge in [-0.2, -0.15) is 0 Å². The average molecular weight is 413 g/mol. The van der Waals surface area contributed by atoms with Crippen molar-refractivity contribution in [2.45, 2.75) is 24.9 Å². The number of aliphatic imine (C=N–C) groups is 1. The maximum Gasteiger partial charge on any atom is 0.325 e. The van der Waals surface area contributed by atoms with E-state index in [0.717, 1.165) is 5.56 Å². The molecule has 1 saturated heterocycles. The van der Waals surface area contributed by atoms with Crippen LogP contribution in [0.25, 0.3) is 0 Å². The maximum atomic E-state index is 12.4. The third-order valence-electron chi connectivity index (χ3n) is 4.21. The number of imide groups is 1. The first-order chi connectivity index (χ1) is 12.4. The number of hydrogen-bond acceptors (Lipinski definition) is 5. The number of hydrogen-bond donors (Lipinski definition) is 1. The number of urea groups is 1. The number of carbonyl (C=O) groups excluding carboxylic acids is 2. The van der Waals surface area contributed by atoms with Crippen LogP contribution in [0, 0.1) is 0 Å². The van der Waals surface area contributed by atoms with Crippen LogP contribution in [0.4, 0.5) is 4.79 Å². The number of rotatable bonds is 4. The Kier molecular flexibility index (Phi) is 5.79. The summed E-state index contributed by atoms with van der Waals surface area (Å²) in [6, 6.07) is 6.58. The van der Waals surface area contributed by atoms with Gasteiger partial charge < -0.3 is 9.80 Å². The van der Waals surface area contributed by atoms with Crippen LogP contribution in [-0.4, -0.2) is 52.7 Å².